The van der Waals surface area contributed by atoms with E-state index in [-0.39, 0.29) is 11.6 Å². The van der Waals surface area contributed by atoms with Crippen LogP contribution in [0.15, 0.2) is 108 Å². The van der Waals surface area contributed by atoms with Gasteiger partial charge in [0, 0.05) is 22.2 Å². The molecule has 0 aliphatic rings. The molecule has 0 saturated carbocycles. The second-order valence-electron chi connectivity index (χ2n) is 9.59. The zero-order valence-corrected chi connectivity index (χ0v) is 25.2. The quantitative estimate of drug-likeness (QED) is 0.134. The van der Waals surface area contributed by atoms with Gasteiger partial charge >= 0.3 is 0 Å². The first-order valence-corrected chi connectivity index (χ1v) is 14.4. The minimum absolute atomic E-state index is 0.0960. The van der Waals surface area contributed by atoms with Crippen LogP contribution in [0.1, 0.15) is 28.4 Å². The lowest BCUT2D eigenvalue weighted by molar-refractivity contribution is -0.115. The Morgan fingerprint density at radius 2 is 1.58 bits per heavy atom. The topological polar surface area (TPSA) is 106 Å². The molecular weight excluding hydrogens is 562 g/mol. The third kappa shape index (κ3) is 8.73. The van der Waals surface area contributed by atoms with Crippen molar-refractivity contribution in [2.75, 3.05) is 24.9 Å². The second-order valence-corrected chi connectivity index (χ2v) is 11.0. The van der Waals surface area contributed by atoms with Gasteiger partial charge in [0.2, 0.25) is 5.91 Å². The number of carbonyl (C=O) groups is 3. The first kappa shape index (κ1) is 30.9. The van der Waals surface area contributed by atoms with Crippen LogP contribution in [0, 0.1) is 6.92 Å². The van der Waals surface area contributed by atoms with Gasteiger partial charge in [-0.15, -0.1) is 11.8 Å². The summed E-state index contributed by atoms with van der Waals surface area (Å²) in [7, 11) is 3.08. The van der Waals surface area contributed by atoms with Crippen molar-refractivity contribution in [2.24, 2.45) is 0 Å². The first-order valence-electron chi connectivity index (χ1n) is 13.5. The SMILES string of the molecule is COc1ccc(NC(=O)C(C)Sc2cccc(NC(=O)/C(=C\c3cccc(C)c3)NC(=O)c3ccccc3)c2)c(OC)c1. The van der Waals surface area contributed by atoms with Crippen molar-refractivity contribution in [1.29, 1.82) is 0 Å². The Kier molecular flexibility index (Phi) is 10.6. The summed E-state index contributed by atoms with van der Waals surface area (Å²) in [5, 5.41) is 8.07. The van der Waals surface area contributed by atoms with Gasteiger partial charge in [-0.3, -0.25) is 14.4 Å². The van der Waals surface area contributed by atoms with Gasteiger partial charge in [0.05, 0.1) is 25.2 Å². The van der Waals surface area contributed by atoms with Crippen LogP contribution in [0.3, 0.4) is 0 Å². The smallest absolute Gasteiger partial charge is 0.272 e. The molecule has 0 bridgehead atoms. The Balaban J connectivity index is 1.47. The lowest BCUT2D eigenvalue weighted by Gasteiger charge is -2.16. The van der Waals surface area contributed by atoms with E-state index in [4.69, 9.17) is 9.47 Å². The summed E-state index contributed by atoms with van der Waals surface area (Å²) < 4.78 is 10.6. The molecule has 1 unspecified atom stereocenters. The highest BCUT2D eigenvalue weighted by Crippen LogP contribution is 2.31. The molecule has 3 N–H and O–H groups in total. The Morgan fingerprint density at radius 1 is 0.814 bits per heavy atom. The maximum absolute atomic E-state index is 13.4. The Hall–Kier alpha value is -5.02. The van der Waals surface area contributed by atoms with Crippen LogP contribution in [0.25, 0.3) is 6.08 Å². The average Bonchev–Trinajstić information content (AvgIpc) is 3.01. The molecule has 4 aromatic carbocycles. The molecule has 0 saturated heterocycles. The summed E-state index contributed by atoms with van der Waals surface area (Å²) in [6, 6.07) is 28.7. The summed E-state index contributed by atoms with van der Waals surface area (Å²) >= 11 is 1.34. The minimum Gasteiger partial charge on any atom is -0.497 e. The van der Waals surface area contributed by atoms with Gasteiger partial charge in [-0.1, -0.05) is 54.1 Å². The molecule has 8 nitrogen and oxygen atoms in total. The van der Waals surface area contributed by atoms with Crippen molar-refractivity contribution >= 4 is 46.9 Å². The van der Waals surface area contributed by atoms with E-state index in [9.17, 15) is 14.4 Å². The van der Waals surface area contributed by atoms with Crippen LogP contribution in [-0.2, 0) is 9.59 Å². The van der Waals surface area contributed by atoms with Crippen LogP contribution in [0.4, 0.5) is 11.4 Å². The molecule has 0 radical (unpaired) electrons. The molecule has 0 fully saturated rings. The van der Waals surface area contributed by atoms with Gasteiger partial charge in [-0.2, -0.15) is 0 Å². The number of benzene rings is 4. The van der Waals surface area contributed by atoms with E-state index in [2.05, 4.69) is 16.0 Å². The summed E-state index contributed by atoms with van der Waals surface area (Å²) in [6.07, 6.45) is 1.64. The van der Waals surface area contributed by atoms with E-state index in [0.717, 1.165) is 16.0 Å². The molecule has 0 spiro atoms. The zero-order chi connectivity index (χ0) is 30.8. The van der Waals surface area contributed by atoms with Crippen molar-refractivity contribution in [1.82, 2.24) is 5.32 Å². The largest absolute Gasteiger partial charge is 0.497 e. The molecule has 0 aliphatic heterocycles. The van der Waals surface area contributed by atoms with Crippen LogP contribution in [0.2, 0.25) is 0 Å². The summed E-state index contributed by atoms with van der Waals surface area (Å²) in [6.45, 7) is 3.75. The third-order valence-corrected chi connectivity index (χ3v) is 7.42. The number of aryl methyl sites for hydroxylation is 1. The maximum atomic E-state index is 13.4. The number of ether oxygens (including phenoxy) is 2. The molecule has 220 valence electrons. The van der Waals surface area contributed by atoms with E-state index >= 15 is 0 Å². The van der Waals surface area contributed by atoms with Crippen molar-refractivity contribution < 1.29 is 23.9 Å². The summed E-state index contributed by atoms with van der Waals surface area (Å²) in [4.78, 5) is 40.1. The number of hydrogen-bond acceptors (Lipinski definition) is 6. The van der Waals surface area contributed by atoms with Gasteiger partial charge in [0.15, 0.2) is 0 Å². The fourth-order valence-corrected chi connectivity index (χ4v) is 5.03. The lowest BCUT2D eigenvalue weighted by atomic mass is 10.1. The van der Waals surface area contributed by atoms with Crippen LogP contribution < -0.4 is 25.4 Å². The summed E-state index contributed by atoms with van der Waals surface area (Å²) in [5.74, 6) is 0.0173. The zero-order valence-electron chi connectivity index (χ0n) is 24.3. The molecule has 0 aliphatic carbocycles. The minimum atomic E-state index is -0.481. The predicted molar refractivity (Wildman–Crippen MR) is 172 cm³/mol. The van der Waals surface area contributed by atoms with E-state index in [1.54, 1.807) is 80.8 Å². The number of hydrogen-bond donors (Lipinski definition) is 3. The molecule has 9 heteroatoms. The lowest BCUT2D eigenvalue weighted by Crippen LogP contribution is -2.30. The van der Waals surface area contributed by atoms with E-state index in [0.29, 0.717) is 28.4 Å². The number of thioether (sulfide) groups is 1. The Morgan fingerprint density at radius 3 is 2.30 bits per heavy atom. The number of rotatable bonds is 11. The highest BCUT2D eigenvalue weighted by atomic mass is 32.2. The first-order chi connectivity index (χ1) is 20.7. The van der Waals surface area contributed by atoms with Gasteiger partial charge < -0.3 is 25.4 Å². The number of carbonyl (C=O) groups excluding carboxylic acids is 3. The van der Waals surface area contributed by atoms with Crippen molar-refractivity contribution in [2.45, 2.75) is 24.0 Å². The molecule has 4 rings (SSSR count). The fraction of sp³-hybridized carbons (Fsp3) is 0.147. The molecule has 0 heterocycles. The van der Waals surface area contributed by atoms with E-state index in [1.807, 2.05) is 43.3 Å². The van der Waals surface area contributed by atoms with Crippen molar-refractivity contribution in [3.8, 4) is 11.5 Å². The number of nitrogens with one attached hydrogen (secondary N) is 3. The van der Waals surface area contributed by atoms with Gasteiger partial charge in [-0.25, -0.2) is 0 Å². The van der Waals surface area contributed by atoms with Crippen LogP contribution >= 0.6 is 11.8 Å². The standard InChI is InChI=1S/C34H33N3O5S/c1-22-10-8-11-24(18-22)19-30(37-33(39)25-12-6-5-7-13-25)34(40)35-26-14-9-15-28(20-26)43-23(2)32(38)36-29-17-16-27(41-3)21-31(29)42-4/h5-21,23H,1-4H3,(H,35,40)(H,36,38)(H,37,39)/b30-19+. The molecule has 0 aromatic heterocycles. The van der Waals surface area contributed by atoms with Gasteiger partial charge in [0.25, 0.3) is 11.8 Å². The monoisotopic (exact) mass is 595 g/mol. The van der Waals surface area contributed by atoms with E-state index in [1.165, 1.54) is 18.9 Å². The Bertz CT molecular complexity index is 1640. The maximum Gasteiger partial charge on any atom is 0.272 e. The second kappa shape index (κ2) is 14.7. The molecule has 3 amide bonds. The highest BCUT2D eigenvalue weighted by molar-refractivity contribution is 8.00. The Labute approximate surface area is 255 Å². The van der Waals surface area contributed by atoms with Crippen LogP contribution in [0.5, 0.6) is 11.5 Å². The van der Waals surface area contributed by atoms with Crippen LogP contribution in [-0.4, -0.2) is 37.2 Å². The normalized spacial score (nSPS) is 11.7. The van der Waals surface area contributed by atoms with Gasteiger partial charge in [0.1, 0.15) is 17.2 Å². The average molecular weight is 596 g/mol. The molecular formula is C34H33N3O5S. The molecule has 4 aromatic rings. The number of amides is 3. The third-order valence-electron chi connectivity index (χ3n) is 6.32. The highest BCUT2D eigenvalue weighted by Gasteiger charge is 2.18. The molecule has 1 atom stereocenters. The molecule has 43 heavy (non-hydrogen) atoms. The van der Waals surface area contributed by atoms with E-state index < -0.39 is 17.1 Å². The van der Waals surface area contributed by atoms with Crippen molar-refractivity contribution in [3.05, 3.63) is 119 Å². The predicted octanol–water partition coefficient (Wildman–Crippen LogP) is 6.54. The number of anilines is 2. The van der Waals surface area contributed by atoms with Crippen molar-refractivity contribution in [3.63, 3.8) is 0 Å². The van der Waals surface area contributed by atoms with Gasteiger partial charge in [-0.05, 0) is 68.0 Å². The summed E-state index contributed by atoms with van der Waals surface area (Å²) in [5.41, 5.74) is 3.38. The number of methoxy groups -OCH3 is 2. The fourth-order valence-electron chi connectivity index (χ4n) is 4.11.